The van der Waals surface area contributed by atoms with Crippen molar-refractivity contribution in [3.8, 4) is 5.75 Å². The number of esters is 1. The molecule has 3 aromatic rings. The van der Waals surface area contributed by atoms with E-state index in [0.29, 0.717) is 30.9 Å². The maximum absolute atomic E-state index is 13.0. The number of halogens is 1. The summed E-state index contributed by atoms with van der Waals surface area (Å²) < 4.78 is 11.4. The van der Waals surface area contributed by atoms with Crippen LogP contribution in [0.4, 0.5) is 5.69 Å². The van der Waals surface area contributed by atoms with E-state index in [-0.39, 0.29) is 29.3 Å². The fourth-order valence-corrected chi connectivity index (χ4v) is 7.58. The number of aliphatic hydroxyl groups excluding tert-OH is 1. The van der Waals surface area contributed by atoms with E-state index in [1.54, 1.807) is 36.3 Å². The molecule has 0 saturated heterocycles. The highest BCUT2D eigenvalue weighted by molar-refractivity contribution is 7.99. The molecule has 2 heterocycles. The van der Waals surface area contributed by atoms with Crippen LogP contribution in [-0.2, 0) is 22.6 Å². The maximum Gasteiger partial charge on any atom is 0.337 e. The first-order chi connectivity index (χ1) is 22.3. The van der Waals surface area contributed by atoms with Gasteiger partial charge in [0.25, 0.3) is 0 Å². The molecular formula is C36H44ClN3O5S. The van der Waals surface area contributed by atoms with Gasteiger partial charge in [0.05, 0.1) is 24.5 Å². The Morgan fingerprint density at radius 3 is 2.70 bits per heavy atom. The third-order valence-electron chi connectivity index (χ3n) is 9.27. The second-order valence-electron chi connectivity index (χ2n) is 12.3. The van der Waals surface area contributed by atoms with Crippen LogP contribution >= 0.6 is 23.4 Å². The molecule has 1 aromatic heterocycles. The Balaban J connectivity index is 1.24. The van der Waals surface area contributed by atoms with Gasteiger partial charge in [0.1, 0.15) is 18.1 Å². The van der Waals surface area contributed by atoms with E-state index in [9.17, 15) is 14.7 Å². The molecular weight excluding hydrogens is 622 g/mol. The van der Waals surface area contributed by atoms with Crippen LogP contribution in [0.1, 0.15) is 79.8 Å². The Bertz CT molecular complexity index is 1480. The van der Waals surface area contributed by atoms with Crippen LogP contribution < -0.4 is 9.64 Å². The van der Waals surface area contributed by atoms with Crippen molar-refractivity contribution in [2.24, 2.45) is 11.8 Å². The van der Waals surface area contributed by atoms with E-state index in [0.717, 1.165) is 72.9 Å². The molecule has 46 heavy (non-hydrogen) atoms. The lowest BCUT2D eigenvalue weighted by Crippen LogP contribution is -2.44. The van der Waals surface area contributed by atoms with Crippen molar-refractivity contribution in [2.45, 2.75) is 87.8 Å². The smallest absolute Gasteiger partial charge is 0.337 e. The zero-order valence-electron chi connectivity index (χ0n) is 26.7. The van der Waals surface area contributed by atoms with Gasteiger partial charge in [-0.3, -0.25) is 4.79 Å². The molecule has 1 aliphatic carbocycles. The molecule has 10 heteroatoms. The van der Waals surface area contributed by atoms with Gasteiger partial charge in [-0.15, -0.1) is 0 Å². The third kappa shape index (κ3) is 9.02. The van der Waals surface area contributed by atoms with Gasteiger partial charge in [-0.05, 0) is 104 Å². The molecule has 0 amide bonds. The van der Waals surface area contributed by atoms with Gasteiger partial charge >= 0.3 is 5.97 Å². The average Bonchev–Trinajstić information content (AvgIpc) is 3.08. The summed E-state index contributed by atoms with van der Waals surface area (Å²) in [6, 6.07) is 13.2. The standard InChI is InChI=1S/C36H44ClN3O5S/c1-3-30(46-36-38-16-6-17-39-36)13-12-29(41)21-33(42)31-14-9-26(31)22-40-18-5-4-7-24-19-28(37)11-8-27(24)23-45-34-15-10-25(20-32(34)40)35(43)44-2/h6,8,10-11,15-17,19-20,26,30-31,33,42H,3-5,7,9,12-14,18,21-23H2,1-2H3/t26-,30+,31+,33+/m0/s1. The fraction of sp³-hybridized carbons (Fsp3) is 0.500. The zero-order valence-corrected chi connectivity index (χ0v) is 28.3. The van der Waals surface area contributed by atoms with E-state index in [2.05, 4.69) is 21.8 Å². The predicted molar refractivity (Wildman–Crippen MR) is 182 cm³/mol. The molecule has 1 saturated carbocycles. The molecule has 0 unspecified atom stereocenters. The van der Waals surface area contributed by atoms with Crippen molar-refractivity contribution in [1.29, 1.82) is 0 Å². The minimum absolute atomic E-state index is 0.0516. The molecule has 2 aliphatic rings. The van der Waals surface area contributed by atoms with Gasteiger partial charge in [-0.1, -0.05) is 36.4 Å². The van der Waals surface area contributed by atoms with Crippen LogP contribution in [0.25, 0.3) is 0 Å². The highest BCUT2D eigenvalue weighted by atomic mass is 35.5. The first-order valence-electron chi connectivity index (χ1n) is 16.4. The summed E-state index contributed by atoms with van der Waals surface area (Å²) >= 11 is 7.93. The Labute approximate surface area is 281 Å². The van der Waals surface area contributed by atoms with Crippen LogP contribution in [0.3, 0.4) is 0 Å². The number of anilines is 1. The Morgan fingerprint density at radius 2 is 1.96 bits per heavy atom. The molecule has 4 atom stereocenters. The summed E-state index contributed by atoms with van der Waals surface area (Å²) in [5, 5.41) is 12.9. The minimum Gasteiger partial charge on any atom is -0.487 e. The van der Waals surface area contributed by atoms with E-state index in [1.807, 2.05) is 30.3 Å². The van der Waals surface area contributed by atoms with Crippen molar-refractivity contribution >= 4 is 40.8 Å². The van der Waals surface area contributed by atoms with Crippen molar-refractivity contribution in [1.82, 2.24) is 9.97 Å². The molecule has 1 fully saturated rings. The normalized spacial score (nSPS) is 19.3. The fourth-order valence-electron chi connectivity index (χ4n) is 6.44. The first kappa shape index (κ1) is 34.2. The summed E-state index contributed by atoms with van der Waals surface area (Å²) in [4.78, 5) is 36.4. The van der Waals surface area contributed by atoms with E-state index >= 15 is 0 Å². The highest BCUT2D eigenvalue weighted by Gasteiger charge is 2.38. The van der Waals surface area contributed by atoms with Gasteiger partial charge < -0.3 is 19.5 Å². The lowest BCUT2D eigenvalue weighted by molar-refractivity contribution is -0.123. The molecule has 1 aliphatic heterocycles. The van der Waals surface area contributed by atoms with Gasteiger partial charge in [0, 0.05) is 48.6 Å². The molecule has 8 nitrogen and oxygen atoms in total. The molecule has 0 spiro atoms. The number of ketones is 1. The van der Waals surface area contributed by atoms with Crippen molar-refractivity contribution in [3.05, 3.63) is 76.6 Å². The molecule has 5 rings (SSSR count). The van der Waals surface area contributed by atoms with Crippen LogP contribution in [0.15, 0.2) is 60.0 Å². The summed E-state index contributed by atoms with van der Waals surface area (Å²) in [7, 11) is 1.38. The largest absolute Gasteiger partial charge is 0.487 e. The number of nitrogens with zero attached hydrogens (tertiary/aromatic N) is 3. The predicted octanol–water partition coefficient (Wildman–Crippen LogP) is 7.34. The number of rotatable bonds is 12. The summed E-state index contributed by atoms with van der Waals surface area (Å²) in [6.45, 7) is 3.99. The van der Waals surface area contributed by atoms with Gasteiger partial charge in [0.15, 0.2) is 5.16 Å². The highest BCUT2D eigenvalue weighted by Crippen LogP contribution is 2.41. The van der Waals surface area contributed by atoms with Crippen molar-refractivity contribution < 1.29 is 24.2 Å². The molecule has 1 N–H and O–H groups in total. The number of fused-ring (bicyclic) bond motifs is 2. The second kappa shape index (κ2) is 16.6. The quantitative estimate of drug-likeness (QED) is 0.121. The minimum atomic E-state index is -0.670. The van der Waals surface area contributed by atoms with Crippen LogP contribution in [0.5, 0.6) is 5.75 Å². The van der Waals surface area contributed by atoms with Gasteiger partial charge in [0.2, 0.25) is 0 Å². The summed E-state index contributed by atoms with van der Waals surface area (Å²) in [5.74, 6) is 0.685. The SMILES string of the molecule is CC[C@H](CCC(=O)C[C@@H](O)[C@@H]1CC[C@H]1CN1CCCCc2cc(Cl)ccc2COc2ccc(C(=O)OC)cc21)Sc1ncccn1. The molecule has 2 aromatic carbocycles. The topological polar surface area (TPSA) is 102 Å². The number of ether oxygens (including phenoxy) is 2. The average molecular weight is 666 g/mol. The lowest BCUT2D eigenvalue weighted by atomic mass is 9.69. The van der Waals surface area contributed by atoms with Crippen LogP contribution in [0.2, 0.25) is 5.02 Å². The molecule has 246 valence electrons. The summed E-state index contributed by atoms with van der Waals surface area (Å²) in [6.07, 6.45) is 9.77. The Kier molecular flexibility index (Phi) is 12.4. The number of hydrogen-bond acceptors (Lipinski definition) is 9. The first-order valence-corrected chi connectivity index (χ1v) is 17.6. The lowest BCUT2D eigenvalue weighted by Gasteiger charge is -2.43. The van der Waals surface area contributed by atoms with Crippen LogP contribution in [-0.4, -0.2) is 58.4 Å². The second-order valence-corrected chi connectivity index (χ2v) is 14.0. The maximum atomic E-state index is 13.0. The summed E-state index contributed by atoms with van der Waals surface area (Å²) in [5.41, 5.74) is 3.61. The van der Waals surface area contributed by atoms with E-state index < -0.39 is 12.1 Å². The monoisotopic (exact) mass is 665 g/mol. The van der Waals surface area contributed by atoms with Gasteiger partial charge in [-0.25, -0.2) is 14.8 Å². The number of aromatic nitrogens is 2. The number of thioether (sulfide) groups is 1. The Hall–Kier alpha value is -3.14. The van der Waals surface area contributed by atoms with Crippen molar-refractivity contribution in [3.63, 3.8) is 0 Å². The number of aliphatic hydroxyl groups is 1. The number of benzene rings is 2. The number of aryl methyl sites for hydroxylation is 1. The number of carbonyl (C=O) groups is 2. The third-order valence-corrected chi connectivity index (χ3v) is 10.8. The van der Waals surface area contributed by atoms with Crippen molar-refractivity contribution in [2.75, 3.05) is 25.1 Å². The molecule has 0 radical (unpaired) electrons. The van der Waals surface area contributed by atoms with E-state index in [1.165, 1.54) is 12.7 Å². The number of hydrogen-bond donors (Lipinski definition) is 1. The Morgan fingerprint density at radius 1 is 1.13 bits per heavy atom. The number of methoxy groups -OCH3 is 1. The molecule has 0 bridgehead atoms. The van der Waals surface area contributed by atoms with Gasteiger partial charge in [-0.2, -0.15) is 0 Å². The number of Topliss-reactive ketones (excluding diaryl/α,β-unsaturated/α-hetero) is 1. The zero-order chi connectivity index (χ0) is 32.5. The number of carbonyl (C=O) groups excluding carboxylic acids is 2. The van der Waals surface area contributed by atoms with Crippen LogP contribution in [0, 0.1) is 11.8 Å². The van der Waals surface area contributed by atoms with E-state index in [4.69, 9.17) is 21.1 Å².